The van der Waals surface area contributed by atoms with E-state index < -0.39 is 0 Å². The summed E-state index contributed by atoms with van der Waals surface area (Å²) in [6.45, 7) is 0.941. The van der Waals surface area contributed by atoms with Crippen molar-refractivity contribution in [1.29, 1.82) is 0 Å². The fourth-order valence-corrected chi connectivity index (χ4v) is 3.63. The van der Waals surface area contributed by atoms with Gasteiger partial charge in [0.05, 0.1) is 11.3 Å². The molecule has 1 aliphatic rings. The third kappa shape index (κ3) is 3.99. The van der Waals surface area contributed by atoms with Gasteiger partial charge in [-0.15, -0.1) is 0 Å². The Kier molecular flexibility index (Phi) is 5.29. The molecule has 1 fully saturated rings. The van der Waals surface area contributed by atoms with E-state index in [4.69, 9.17) is 5.73 Å². The number of nitrogens with zero attached hydrogens (tertiary/aromatic N) is 4. The highest BCUT2D eigenvalue weighted by Crippen LogP contribution is 2.26. The first-order valence-electron chi connectivity index (χ1n) is 9.56. The largest absolute Gasteiger partial charge is 0.368 e. The van der Waals surface area contributed by atoms with Crippen LogP contribution < -0.4 is 5.73 Å². The van der Waals surface area contributed by atoms with Crippen LogP contribution in [0.1, 0.15) is 33.7 Å². The molecule has 3 heterocycles. The fraction of sp³-hybridized carbons (Fsp3) is 0.227. The molecule has 0 bridgehead atoms. The van der Waals surface area contributed by atoms with Gasteiger partial charge in [0, 0.05) is 37.0 Å². The Morgan fingerprint density at radius 1 is 1.03 bits per heavy atom. The number of amides is 1. The van der Waals surface area contributed by atoms with Crippen LogP contribution in [0.15, 0.2) is 60.9 Å². The van der Waals surface area contributed by atoms with Crippen molar-refractivity contribution in [2.45, 2.75) is 12.8 Å². The van der Waals surface area contributed by atoms with Crippen LogP contribution >= 0.6 is 0 Å². The molecule has 1 aromatic carbocycles. The number of pyridine rings is 1. The van der Waals surface area contributed by atoms with E-state index in [0.717, 1.165) is 18.4 Å². The molecule has 4 rings (SSSR count). The lowest BCUT2D eigenvalue weighted by Gasteiger charge is -2.32. The first kappa shape index (κ1) is 18.7. The van der Waals surface area contributed by atoms with Crippen LogP contribution in [0.5, 0.6) is 0 Å². The van der Waals surface area contributed by atoms with Crippen molar-refractivity contribution in [2.75, 3.05) is 18.8 Å². The molecule has 0 aliphatic carbocycles. The number of aromatic nitrogens is 3. The van der Waals surface area contributed by atoms with Crippen molar-refractivity contribution in [3.05, 3.63) is 72.2 Å². The summed E-state index contributed by atoms with van der Waals surface area (Å²) in [4.78, 5) is 40.3. The number of hydrogen-bond donors (Lipinski definition) is 1. The number of ketones is 1. The van der Waals surface area contributed by atoms with Crippen molar-refractivity contribution in [2.24, 2.45) is 5.92 Å². The molecule has 1 aliphatic heterocycles. The zero-order valence-corrected chi connectivity index (χ0v) is 15.9. The predicted octanol–water partition coefficient (Wildman–Crippen LogP) is 2.86. The minimum atomic E-state index is -0.266. The van der Waals surface area contributed by atoms with Gasteiger partial charge in [-0.1, -0.05) is 36.4 Å². The monoisotopic (exact) mass is 387 g/mol. The number of anilines is 1. The second kappa shape index (κ2) is 8.18. The number of hydrogen-bond acceptors (Lipinski definition) is 6. The topological polar surface area (TPSA) is 102 Å². The first-order chi connectivity index (χ1) is 14.1. The summed E-state index contributed by atoms with van der Waals surface area (Å²) in [5.41, 5.74) is 7.89. The Morgan fingerprint density at radius 3 is 2.59 bits per heavy atom. The molecule has 1 unspecified atom stereocenters. The molecule has 7 heteroatoms. The molecule has 146 valence electrons. The lowest BCUT2D eigenvalue weighted by molar-refractivity contribution is 0.0635. The number of Topliss-reactive ketones (excluding diaryl/α,β-unsaturated/α-hetero) is 1. The van der Waals surface area contributed by atoms with Crippen LogP contribution in [0.25, 0.3) is 11.3 Å². The molecule has 0 spiro atoms. The van der Waals surface area contributed by atoms with Crippen LogP contribution in [0.2, 0.25) is 0 Å². The van der Waals surface area contributed by atoms with E-state index in [1.165, 1.54) is 6.20 Å². The van der Waals surface area contributed by atoms with Gasteiger partial charge in [-0.2, -0.15) is 0 Å². The van der Waals surface area contributed by atoms with Crippen LogP contribution in [-0.4, -0.2) is 44.6 Å². The second-order valence-electron chi connectivity index (χ2n) is 7.03. The van der Waals surface area contributed by atoms with Gasteiger partial charge in [0.2, 0.25) is 5.95 Å². The highest BCUT2D eigenvalue weighted by molar-refractivity contribution is 6.01. The van der Waals surface area contributed by atoms with Gasteiger partial charge < -0.3 is 10.6 Å². The molecule has 29 heavy (non-hydrogen) atoms. The quantitative estimate of drug-likeness (QED) is 0.691. The van der Waals surface area contributed by atoms with Gasteiger partial charge >= 0.3 is 0 Å². The van der Waals surface area contributed by atoms with Gasteiger partial charge in [0.15, 0.2) is 5.78 Å². The Morgan fingerprint density at radius 2 is 1.83 bits per heavy atom. The third-order valence-electron chi connectivity index (χ3n) is 5.08. The first-order valence-corrected chi connectivity index (χ1v) is 9.56. The molecular weight excluding hydrogens is 366 g/mol. The standard InChI is InChI=1S/C22H21N5O2/c23-22-25-13-17(19(26-22)15-7-2-1-3-8-15)21(29)27-12-6-9-16(14-27)20(28)18-10-4-5-11-24-18/h1-5,7-8,10-11,13,16H,6,9,12,14H2,(H2,23,25,26). The number of benzene rings is 1. The fourth-order valence-electron chi connectivity index (χ4n) is 3.63. The molecule has 7 nitrogen and oxygen atoms in total. The summed E-state index contributed by atoms with van der Waals surface area (Å²) < 4.78 is 0. The van der Waals surface area contributed by atoms with Crippen molar-refractivity contribution in [3.63, 3.8) is 0 Å². The molecule has 2 aromatic heterocycles. The van der Waals surface area contributed by atoms with Gasteiger partial charge in [-0.05, 0) is 25.0 Å². The molecule has 1 amide bonds. The van der Waals surface area contributed by atoms with Gasteiger partial charge in [0.25, 0.3) is 5.91 Å². The zero-order chi connectivity index (χ0) is 20.2. The number of carbonyl (C=O) groups excluding carboxylic acids is 2. The molecule has 1 atom stereocenters. The predicted molar refractivity (Wildman–Crippen MR) is 109 cm³/mol. The highest BCUT2D eigenvalue weighted by atomic mass is 16.2. The second-order valence-corrected chi connectivity index (χ2v) is 7.03. The van der Waals surface area contributed by atoms with Gasteiger partial charge in [0.1, 0.15) is 5.69 Å². The normalized spacial score (nSPS) is 16.4. The Hall–Kier alpha value is -3.61. The maximum absolute atomic E-state index is 13.3. The van der Waals surface area contributed by atoms with Crippen LogP contribution in [0.3, 0.4) is 0 Å². The van der Waals surface area contributed by atoms with Crippen LogP contribution in [0.4, 0.5) is 5.95 Å². The molecule has 2 N–H and O–H groups in total. The van der Waals surface area contributed by atoms with E-state index in [-0.39, 0.29) is 23.6 Å². The molecule has 0 radical (unpaired) electrons. The Bertz CT molecular complexity index is 1020. The summed E-state index contributed by atoms with van der Waals surface area (Å²) in [6, 6.07) is 14.7. The summed E-state index contributed by atoms with van der Waals surface area (Å²) >= 11 is 0. The average Bonchev–Trinajstić information content (AvgIpc) is 2.79. The summed E-state index contributed by atoms with van der Waals surface area (Å²) in [5.74, 6) is -0.373. The summed E-state index contributed by atoms with van der Waals surface area (Å²) in [6.07, 6.45) is 4.57. The number of carbonyl (C=O) groups is 2. The Balaban J connectivity index is 1.59. The van der Waals surface area contributed by atoms with E-state index >= 15 is 0 Å². The number of nitrogens with two attached hydrogens (primary N) is 1. The van der Waals surface area contributed by atoms with E-state index in [1.54, 1.807) is 29.3 Å². The maximum Gasteiger partial charge on any atom is 0.257 e. The van der Waals surface area contributed by atoms with Crippen LogP contribution in [-0.2, 0) is 0 Å². The summed E-state index contributed by atoms with van der Waals surface area (Å²) in [7, 11) is 0. The number of nitrogen functional groups attached to an aromatic ring is 1. The average molecular weight is 387 g/mol. The van der Waals surface area contributed by atoms with Gasteiger partial charge in [-0.25, -0.2) is 9.97 Å². The minimum Gasteiger partial charge on any atom is -0.368 e. The van der Waals surface area contributed by atoms with E-state index in [0.29, 0.717) is 30.0 Å². The third-order valence-corrected chi connectivity index (χ3v) is 5.08. The van der Waals surface area contributed by atoms with E-state index in [1.807, 2.05) is 30.3 Å². The zero-order valence-electron chi connectivity index (χ0n) is 15.9. The van der Waals surface area contributed by atoms with Gasteiger partial charge in [-0.3, -0.25) is 14.6 Å². The van der Waals surface area contributed by atoms with Crippen molar-refractivity contribution >= 4 is 17.6 Å². The minimum absolute atomic E-state index is 0.0278. The SMILES string of the molecule is Nc1ncc(C(=O)N2CCCC(C(=O)c3ccccn3)C2)c(-c2ccccc2)n1. The van der Waals surface area contributed by atoms with E-state index in [9.17, 15) is 9.59 Å². The van der Waals surface area contributed by atoms with Crippen molar-refractivity contribution in [1.82, 2.24) is 19.9 Å². The molecule has 1 saturated heterocycles. The highest BCUT2D eigenvalue weighted by Gasteiger charge is 2.31. The summed E-state index contributed by atoms with van der Waals surface area (Å²) in [5, 5.41) is 0. The number of piperidine rings is 1. The Labute approximate surface area is 168 Å². The lowest BCUT2D eigenvalue weighted by Crippen LogP contribution is -2.42. The van der Waals surface area contributed by atoms with E-state index in [2.05, 4.69) is 15.0 Å². The van der Waals surface area contributed by atoms with Crippen molar-refractivity contribution < 1.29 is 9.59 Å². The molecule has 3 aromatic rings. The molecule has 0 saturated carbocycles. The number of rotatable bonds is 4. The lowest BCUT2D eigenvalue weighted by atomic mass is 9.91. The maximum atomic E-state index is 13.3. The smallest absolute Gasteiger partial charge is 0.257 e. The number of likely N-dealkylation sites (tertiary alicyclic amines) is 1. The molecular formula is C22H21N5O2. The van der Waals surface area contributed by atoms with Crippen molar-refractivity contribution in [3.8, 4) is 11.3 Å². The van der Waals surface area contributed by atoms with Crippen LogP contribution in [0, 0.1) is 5.92 Å².